The molecule has 4 aromatic rings. The van der Waals surface area contributed by atoms with Gasteiger partial charge in [-0.3, -0.25) is 9.48 Å². The number of anilines is 3. The van der Waals surface area contributed by atoms with Crippen molar-refractivity contribution < 1.29 is 4.79 Å². The van der Waals surface area contributed by atoms with Gasteiger partial charge in [0.05, 0.1) is 11.9 Å². The van der Waals surface area contributed by atoms with Gasteiger partial charge in [-0.05, 0) is 30.4 Å². The van der Waals surface area contributed by atoms with Gasteiger partial charge in [-0.2, -0.15) is 10.1 Å². The highest BCUT2D eigenvalue weighted by molar-refractivity contribution is 5.96. The maximum absolute atomic E-state index is 11.9. The molecule has 1 saturated carbocycles. The number of amides is 1. The smallest absolute Gasteiger partial charge is 0.273 e. The molecule has 0 spiro atoms. The number of benzene rings is 1. The monoisotopic (exact) mass is 446 g/mol. The number of nitrogens with one attached hydrogen (secondary N) is 2. The molecular formula is C22H26N10O. The lowest BCUT2D eigenvalue weighted by Crippen LogP contribution is -2.43. The first kappa shape index (κ1) is 20.9. The molecule has 11 nitrogen and oxygen atoms in total. The highest BCUT2D eigenvalue weighted by Crippen LogP contribution is 2.26. The fourth-order valence-electron chi connectivity index (χ4n) is 4.19. The van der Waals surface area contributed by atoms with Gasteiger partial charge in [0.15, 0.2) is 11.5 Å². The highest BCUT2D eigenvalue weighted by atomic mass is 16.1. The minimum atomic E-state index is -0.706. The fourth-order valence-corrected chi connectivity index (χ4v) is 4.19. The zero-order chi connectivity index (χ0) is 22.9. The minimum absolute atomic E-state index is 0.0264. The lowest BCUT2D eigenvalue weighted by molar-refractivity contribution is 0.0995. The van der Waals surface area contributed by atoms with Crippen molar-refractivity contribution in [2.24, 2.45) is 18.5 Å². The molecule has 0 aliphatic heterocycles. The van der Waals surface area contributed by atoms with Crippen molar-refractivity contribution in [3.63, 3.8) is 0 Å². The van der Waals surface area contributed by atoms with Crippen LogP contribution in [0.4, 0.5) is 17.5 Å². The van der Waals surface area contributed by atoms with Gasteiger partial charge < -0.3 is 26.7 Å². The van der Waals surface area contributed by atoms with Gasteiger partial charge >= 0.3 is 0 Å². The zero-order valence-electron chi connectivity index (χ0n) is 18.3. The molecule has 3 aromatic heterocycles. The summed E-state index contributed by atoms with van der Waals surface area (Å²) < 4.78 is 3.77. The van der Waals surface area contributed by atoms with Crippen molar-refractivity contribution in [2.45, 2.75) is 37.8 Å². The molecule has 170 valence electrons. The number of carbonyl (C=O) groups is 1. The lowest BCUT2D eigenvalue weighted by atomic mass is 9.91. The molecule has 1 aromatic carbocycles. The second kappa shape index (κ2) is 8.51. The summed E-state index contributed by atoms with van der Waals surface area (Å²) in [6.07, 6.45) is 11.9. The topological polar surface area (TPSA) is 155 Å². The van der Waals surface area contributed by atoms with Crippen LogP contribution in [0, 0.1) is 0 Å². The van der Waals surface area contributed by atoms with Gasteiger partial charge in [0.25, 0.3) is 5.91 Å². The quantitative estimate of drug-likeness (QED) is 0.351. The first-order valence-electron chi connectivity index (χ1n) is 10.9. The third-order valence-electron chi connectivity index (χ3n) is 5.95. The Morgan fingerprint density at radius 3 is 2.70 bits per heavy atom. The van der Waals surface area contributed by atoms with E-state index in [1.165, 1.54) is 0 Å². The fraction of sp³-hybridized carbons (Fsp3) is 0.318. The van der Waals surface area contributed by atoms with E-state index >= 15 is 0 Å². The zero-order valence-corrected chi connectivity index (χ0v) is 18.3. The molecule has 11 heteroatoms. The Balaban J connectivity index is 1.42. The summed E-state index contributed by atoms with van der Waals surface area (Å²) in [7, 11) is 1.88. The summed E-state index contributed by atoms with van der Waals surface area (Å²) in [6, 6.07) is 5.97. The molecule has 1 aliphatic carbocycles. The predicted molar refractivity (Wildman–Crippen MR) is 126 cm³/mol. The molecule has 5 rings (SSSR count). The van der Waals surface area contributed by atoms with Crippen molar-refractivity contribution >= 4 is 34.1 Å². The molecule has 0 unspecified atom stereocenters. The van der Waals surface area contributed by atoms with Gasteiger partial charge in [0, 0.05) is 48.8 Å². The molecule has 3 heterocycles. The molecule has 1 fully saturated rings. The van der Waals surface area contributed by atoms with E-state index < -0.39 is 5.91 Å². The maximum atomic E-state index is 11.9. The van der Waals surface area contributed by atoms with Crippen LogP contribution in [-0.2, 0) is 7.05 Å². The van der Waals surface area contributed by atoms with E-state index in [0.717, 1.165) is 47.8 Å². The molecule has 6 N–H and O–H groups in total. The number of carbonyl (C=O) groups excluding carboxylic acids is 1. The number of nitrogens with zero attached hydrogens (tertiary/aromatic N) is 6. The van der Waals surface area contributed by atoms with Crippen molar-refractivity contribution in [1.29, 1.82) is 0 Å². The largest absolute Gasteiger partial charge is 0.364 e. The normalized spacial score (nSPS) is 18.4. The first-order chi connectivity index (χ1) is 16.0. The van der Waals surface area contributed by atoms with Crippen LogP contribution in [0.2, 0.25) is 0 Å². The minimum Gasteiger partial charge on any atom is -0.364 e. The predicted octanol–water partition coefficient (Wildman–Crippen LogP) is 2.07. The van der Waals surface area contributed by atoms with Crippen LogP contribution in [-0.4, -0.2) is 47.5 Å². The summed E-state index contributed by atoms with van der Waals surface area (Å²) in [4.78, 5) is 16.4. The van der Waals surface area contributed by atoms with Crippen LogP contribution in [0.1, 0.15) is 36.2 Å². The summed E-state index contributed by atoms with van der Waals surface area (Å²) in [5.74, 6) is -0.147. The van der Waals surface area contributed by atoms with E-state index in [2.05, 4.69) is 30.9 Å². The first-order valence-corrected chi connectivity index (χ1v) is 10.9. The highest BCUT2D eigenvalue weighted by Gasteiger charge is 2.23. The van der Waals surface area contributed by atoms with Gasteiger partial charge in [0.1, 0.15) is 0 Å². The second-order valence-electron chi connectivity index (χ2n) is 8.40. The van der Waals surface area contributed by atoms with Crippen LogP contribution in [0.25, 0.3) is 16.5 Å². The Bertz CT molecular complexity index is 1310. The maximum Gasteiger partial charge on any atom is 0.273 e. The number of aryl methyl sites for hydroxylation is 1. The van der Waals surface area contributed by atoms with Crippen LogP contribution in [0.5, 0.6) is 0 Å². The average Bonchev–Trinajstić information content (AvgIpc) is 3.41. The number of hydrogen-bond donors (Lipinski definition) is 4. The van der Waals surface area contributed by atoms with Gasteiger partial charge in [-0.25, -0.2) is 0 Å². The molecular weight excluding hydrogens is 420 g/mol. The Hall–Kier alpha value is -3.99. The van der Waals surface area contributed by atoms with Gasteiger partial charge in [-0.1, -0.05) is 18.9 Å². The summed E-state index contributed by atoms with van der Waals surface area (Å²) in [5, 5.41) is 20.8. The third-order valence-corrected chi connectivity index (χ3v) is 5.95. The summed E-state index contributed by atoms with van der Waals surface area (Å²) >= 11 is 0. The van der Waals surface area contributed by atoms with Crippen molar-refractivity contribution in [1.82, 2.24) is 29.5 Å². The lowest BCUT2D eigenvalue weighted by Gasteiger charge is -2.29. The Morgan fingerprint density at radius 1 is 1.12 bits per heavy atom. The SMILES string of the molecule is Cn1cc(-n2cc3ccc(Nc4nc(N[C@@H]5CCCC[C@@H]5N)nnc4C(N)=O)cc3c2)cn1. The van der Waals surface area contributed by atoms with Crippen LogP contribution in [0.3, 0.4) is 0 Å². The average molecular weight is 447 g/mol. The van der Waals surface area contributed by atoms with Gasteiger partial charge in [-0.15, -0.1) is 10.2 Å². The number of nitrogens with two attached hydrogens (primary N) is 2. The van der Waals surface area contributed by atoms with Crippen LogP contribution in [0.15, 0.2) is 43.0 Å². The van der Waals surface area contributed by atoms with Crippen LogP contribution >= 0.6 is 0 Å². The van der Waals surface area contributed by atoms with Crippen LogP contribution < -0.4 is 22.1 Å². The molecule has 2 atom stereocenters. The summed E-state index contributed by atoms with van der Waals surface area (Å²) in [6.45, 7) is 0. The molecule has 1 amide bonds. The van der Waals surface area contributed by atoms with E-state index in [1.807, 2.05) is 48.4 Å². The molecule has 0 bridgehead atoms. The number of hydrogen-bond acceptors (Lipinski definition) is 8. The van der Waals surface area contributed by atoms with E-state index in [1.54, 1.807) is 10.9 Å². The number of primary amides is 1. The number of aromatic nitrogens is 6. The second-order valence-corrected chi connectivity index (χ2v) is 8.40. The third kappa shape index (κ3) is 4.35. The van der Waals surface area contributed by atoms with Gasteiger partial charge in [0.2, 0.25) is 5.95 Å². The molecule has 0 saturated heterocycles. The molecule has 33 heavy (non-hydrogen) atoms. The Kier molecular flexibility index (Phi) is 5.38. The van der Waals surface area contributed by atoms with E-state index in [0.29, 0.717) is 5.95 Å². The van der Waals surface area contributed by atoms with Crippen molar-refractivity contribution in [3.8, 4) is 5.69 Å². The standard InChI is InChI=1S/C22H26N10O/c1-31-12-16(9-25-31)32-10-13-6-7-15(8-14(13)11-32)26-21-19(20(24)33)29-30-22(28-21)27-18-5-3-2-4-17(18)23/h6-12,17-18H,2-5,23H2,1H3,(H2,24,33)(H2,26,27,28,30)/t17-,18+/m0/s1. The number of fused-ring (bicyclic) bond motifs is 1. The molecule has 0 radical (unpaired) electrons. The Morgan fingerprint density at radius 2 is 1.94 bits per heavy atom. The van der Waals surface area contributed by atoms with Crippen molar-refractivity contribution in [2.75, 3.05) is 10.6 Å². The van der Waals surface area contributed by atoms with E-state index in [-0.39, 0.29) is 23.6 Å². The van der Waals surface area contributed by atoms with E-state index in [9.17, 15) is 4.79 Å². The van der Waals surface area contributed by atoms with Crippen molar-refractivity contribution in [3.05, 3.63) is 48.7 Å². The Labute approximate surface area is 190 Å². The summed E-state index contributed by atoms with van der Waals surface area (Å²) in [5.41, 5.74) is 13.4. The van der Waals surface area contributed by atoms with E-state index in [4.69, 9.17) is 11.5 Å². The number of rotatable bonds is 6. The molecule has 1 aliphatic rings.